The molecule has 0 saturated heterocycles. The molecule has 0 atom stereocenters. The van der Waals surface area contributed by atoms with Crippen LogP contribution < -0.4 is 0 Å². The molecule has 20 heavy (non-hydrogen) atoms. The molecule has 0 bridgehead atoms. The molecule has 0 spiro atoms. The topological polar surface area (TPSA) is 55.8 Å². The molecular formula is C13H20BrNO4S. The van der Waals surface area contributed by atoms with Crippen LogP contribution in [0.3, 0.4) is 0 Å². The Morgan fingerprint density at radius 1 is 1.05 bits per heavy atom. The van der Waals surface area contributed by atoms with Crippen LogP contribution >= 0.6 is 15.9 Å². The van der Waals surface area contributed by atoms with Gasteiger partial charge in [0, 0.05) is 38.4 Å². The first-order valence-electron chi connectivity index (χ1n) is 6.26. The van der Waals surface area contributed by atoms with Crippen molar-refractivity contribution in [2.24, 2.45) is 0 Å². The number of methoxy groups -OCH3 is 2. The predicted molar refractivity (Wildman–Crippen MR) is 81.3 cm³/mol. The van der Waals surface area contributed by atoms with Crippen molar-refractivity contribution in [2.75, 3.05) is 40.5 Å². The van der Waals surface area contributed by atoms with Gasteiger partial charge in [0.15, 0.2) is 0 Å². The molecule has 0 heterocycles. The van der Waals surface area contributed by atoms with Crippen LogP contribution in [0.1, 0.15) is 6.42 Å². The molecule has 5 nitrogen and oxygen atoms in total. The Kier molecular flexibility index (Phi) is 7.68. The monoisotopic (exact) mass is 365 g/mol. The quantitative estimate of drug-likeness (QED) is 0.629. The zero-order valence-electron chi connectivity index (χ0n) is 11.7. The van der Waals surface area contributed by atoms with Crippen LogP contribution in [0.4, 0.5) is 0 Å². The molecular weight excluding hydrogens is 346 g/mol. The third-order valence-corrected chi connectivity index (χ3v) is 5.19. The smallest absolute Gasteiger partial charge is 0.243 e. The van der Waals surface area contributed by atoms with Crippen molar-refractivity contribution in [1.29, 1.82) is 0 Å². The van der Waals surface area contributed by atoms with E-state index in [0.717, 1.165) is 4.47 Å². The fourth-order valence-electron chi connectivity index (χ4n) is 1.69. The lowest BCUT2D eigenvalue weighted by Crippen LogP contribution is -2.35. The summed E-state index contributed by atoms with van der Waals surface area (Å²) in [6.45, 7) is 1.64. The second-order valence-corrected chi connectivity index (χ2v) is 7.05. The SMILES string of the molecule is COCCCN(CCOC)S(=O)(=O)c1ccc(Br)cc1. The molecule has 0 aliphatic heterocycles. The third-order valence-electron chi connectivity index (χ3n) is 2.75. The highest BCUT2D eigenvalue weighted by molar-refractivity contribution is 9.10. The van der Waals surface area contributed by atoms with E-state index in [1.54, 1.807) is 38.5 Å². The van der Waals surface area contributed by atoms with Crippen LogP contribution in [0, 0.1) is 0 Å². The zero-order valence-corrected chi connectivity index (χ0v) is 14.1. The van der Waals surface area contributed by atoms with E-state index in [1.807, 2.05) is 0 Å². The first-order valence-corrected chi connectivity index (χ1v) is 8.49. The van der Waals surface area contributed by atoms with Crippen molar-refractivity contribution in [3.63, 3.8) is 0 Å². The number of ether oxygens (including phenoxy) is 2. The van der Waals surface area contributed by atoms with Gasteiger partial charge in [-0.05, 0) is 30.7 Å². The lowest BCUT2D eigenvalue weighted by Gasteiger charge is -2.21. The summed E-state index contributed by atoms with van der Waals surface area (Å²) in [6.07, 6.45) is 0.649. The Morgan fingerprint density at radius 3 is 2.20 bits per heavy atom. The molecule has 0 aliphatic carbocycles. The summed E-state index contributed by atoms with van der Waals surface area (Å²) in [5.74, 6) is 0. The molecule has 114 valence electrons. The average molecular weight is 366 g/mol. The van der Waals surface area contributed by atoms with Crippen LogP contribution in [-0.4, -0.2) is 53.2 Å². The molecule has 1 aromatic rings. The summed E-state index contributed by atoms with van der Waals surface area (Å²) in [6, 6.07) is 6.62. The standard InChI is InChI=1S/C13H20BrNO4S/c1-18-10-3-8-15(9-11-19-2)20(16,17)13-6-4-12(14)5-7-13/h4-7H,3,8-11H2,1-2H3. The van der Waals surface area contributed by atoms with E-state index in [9.17, 15) is 8.42 Å². The van der Waals surface area contributed by atoms with Crippen LogP contribution in [0.2, 0.25) is 0 Å². The van der Waals surface area contributed by atoms with Gasteiger partial charge in [-0.3, -0.25) is 0 Å². The van der Waals surface area contributed by atoms with Gasteiger partial charge in [-0.25, -0.2) is 8.42 Å². The van der Waals surface area contributed by atoms with Crippen molar-refractivity contribution in [2.45, 2.75) is 11.3 Å². The van der Waals surface area contributed by atoms with Gasteiger partial charge in [-0.15, -0.1) is 0 Å². The van der Waals surface area contributed by atoms with Gasteiger partial charge in [0.05, 0.1) is 11.5 Å². The molecule has 0 aromatic heterocycles. The van der Waals surface area contributed by atoms with E-state index in [4.69, 9.17) is 9.47 Å². The van der Waals surface area contributed by atoms with Crippen molar-refractivity contribution >= 4 is 26.0 Å². The van der Waals surface area contributed by atoms with E-state index in [1.165, 1.54) is 4.31 Å². The number of hydrogen-bond donors (Lipinski definition) is 0. The second kappa shape index (κ2) is 8.74. The molecule has 0 amide bonds. The van der Waals surface area contributed by atoms with Crippen LogP contribution in [-0.2, 0) is 19.5 Å². The number of hydrogen-bond acceptors (Lipinski definition) is 4. The van der Waals surface area contributed by atoms with E-state index in [0.29, 0.717) is 32.7 Å². The van der Waals surface area contributed by atoms with Crippen LogP contribution in [0.25, 0.3) is 0 Å². The van der Waals surface area contributed by atoms with E-state index in [-0.39, 0.29) is 4.90 Å². The molecule has 0 aliphatic rings. The van der Waals surface area contributed by atoms with Gasteiger partial charge in [0.25, 0.3) is 0 Å². The van der Waals surface area contributed by atoms with Crippen LogP contribution in [0.5, 0.6) is 0 Å². The Bertz CT molecular complexity index is 490. The Morgan fingerprint density at radius 2 is 1.65 bits per heavy atom. The largest absolute Gasteiger partial charge is 0.385 e. The van der Waals surface area contributed by atoms with Gasteiger partial charge >= 0.3 is 0 Å². The third kappa shape index (κ3) is 5.14. The molecule has 1 aromatic carbocycles. The molecule has 7 heteroatoms. The Labute approximate surface area is 129 Å². The highest BCUT2D eigenvalue weighted by Gasteiger charge is 2.23. The van der Waals surface area contributed by atoms with Crippen molar-refractivity contribution in [1.82, 2.24) is 4.31 Å². The highest BCUT2D eigenvalue weighted by Crippen LogP contribution is 2.19. The van der Waals surface area contributed by atoms with E-state index in [2.05, 4.69) is 15.9 Å². The second-order valence-electron chi connectivity index (χ2n) is 4.20. The highest BCUT2D eigenvalue weighted by atomic mass is 79.9. The van der Waals surface area contributed by atoms with E-state index >= 15 is 0 Å². The van der Waals surface area contributed by atoms with Gasteiger partial charge in [-0.1, -0.05) is 15.9 Å². The van der Waals surface area contributed by atoms with Gasteiger partial charge in [0.2, 0.25) is 10.0 Å². The number of sulfonamides is 1. The van der Waals surface area contributed by atoms with Crippen LogP contribution in [0.15, 0.2) is 33.6 Å². The summed E-state index contributed by atoms with van der Waals surface area (Å²) in [7, 11) is -0.339. The van der Waals surface area contributed by atoms with Gasteiger partial charge < -0.3 is 9.47 Å². The van der Waals surface area contributed by atoms with E-state index < -0.39 is 10.0 Å². The minimum atomic E-state index is -3.49. The molecule has 1 rings (SSSR count). The fraction of sp³-hybridized carbons (Fsp3) is 0.538. The zero-order chi connectivity index (χ0) is 15.0. The van der Waals surface area contributed by atoms with Crippen molar-refractivity contribution < 1.29 is 17.9 Å². The fourth-order valence-corrected chi connectivity index (χ4v) is 3.41. The van der Waals surface area contributed by atoms with Gasteiger partial charge in [-0.2, -0.15) is 4.31 Å². The maximum Gasteiger partial charge on any atom is 0.243 e. The maximum absolute atomic E-state index is 12.6. The minimum absolute atomic E-state index is 0.286. The summed E-state index contributed by atoms with van der Waals surface area (Å²) >= 11 is 3.30. The summed E-state index contributed by atoms with van der Waals surface area (Å²) in [4.78, 5) is 0.286. The first kappa shape index (κ1) is 17.6. The predicted octanol–water partition coefficient (Wildman–Crippen LogP) is 2.12. The number of rotatable bonds is 9. The number of nitrogens with zero attached hydrogens (tertiary/aromatic N) is 1. The molecule has 0 radical (unpaired) electrons. The molecule has 0 saturated carbocycles. The summed E-state index contributed by atoms with van der Waals surface area (Å²) < 4.78 is 37.3. The summed E-state index contributed by atoms with van der Waals surface area (Å²) in [5.41, 5.74) is 0. The lowest BCUT2D eigenvalue weighted by atomic mass is 10.4. The van der Waals surface area contributed by atoms with Crippen molar-refractivity contribution in [3.8, 4) is 0 Å². The number of halogens is 1. The Balaban J connectivity index is 2.88. The Hall–Kier alpha value is -0.470. The lowest BCUT2D eigenvalue weighted by molar-refractivity contribution is 0.164. The number of benzene rings is 1. The average Bonchev–Trinajstić information content (AvgIpc) is 2.43. The molecule has 0 N–H and O–H groups in total. The first-order chi connectivity index (χ1) is 9.52. The minimum Gasteiger partial charge on any atom is -0.385 e. The van der Waals surface area contributed by atoms with Crippen molar-refractivity contribution in [3.05, 3.63) is 28.7 Å². The molecule has 0 unspecified atom stereocenters. The summed E-state index contributed by atoms with van der Waals surface area (Å²) in [5, 5.41) is 0. The normalized spacial score (nSPS) is 12.0. The maximum atomic E-state index is 12.6. The molecule has 0 fully saturated rings. The van der Waals surface area contributed by atoms with Gasteiger partial charge in [0.1, 0.15) is 0 Å².